The van der Waals surface area contributed by atoms with Crippen LogP contribution in [0.3, 0.4) is 0 Å². The molecule has 1 aliphatic carbocycles. The lowest BCUT2D eigenvalue weighted by Gasteiger charge is -2.29. The quantitative estimate of drug-likeness (QED) is 0.834. The molecule has 1 atom stereocenters. The third-order valence-corrected chi connectivity index (χ3v) is 3.83. The van der Waals surface area contributed by atoms with Gasteiger partial charge in [-0.15, -0.1) is 0 Å². The van der Waals surface area contributed by atoms with Gasteiger partial charge in [0.1, 0.15) is 0 Å². The first kappa shape index (κ1) is 15.6. The Balaban J connectivity index is 0.000000194. The lowest BCUT2D eigenvalue weighted by Crippen LogP contribution is -2.21. The van der Waals surface area contributed by atoms with Crippen molar-refractivity contribution in [1.82, 2.24) is 0 Å². The number of nitrogens with two attached hydrogens (primary N) is 1. The molecule has 2 heteroatoms. The minimum atomic E-state index is 0.230. The predicted molar refractivity (Wildman–Crippen MR) is 89.6 cm³/mol. The summed E-state index contributed by atoms with van der Waals surface area (Å²) in [7, 11) is 0. The van der Waals surface area contributed by atoms with E-state index in [1.165, 1.54) is 11.1 Å². The Hall–Kier alpha value is -1.80. The molecule has 1 unspecified atom stereocenters. The summed E-state index contributed by atoms with van der Waals surface area (Å²) in [4.78, 5) is 0. The molecular formula is C19H25NO. The first-order valence-corrected chi connectivity index (χ1v) is 7.56. The van der Waals surface area contributed by atoms with Gasteiger partial charge < -0.3 is 10.5 Å². The van der Waals surface area contributed by atoms with E-state index in [2.05, 4.69) is 62.4 Å². The van der Waals surface area contributed by atoms with Gasteiger partial charge in [0.15, 0.2) is 0 Å². The van der Waals surface area contributed by atoms with Crippen LogP contribution in [0, 0.1) is 5.41 Å². The van der Waals surface area contributed by atoms with Crippen molar-refractivity contribution in [2.45, 2.75) is 32.7 Å². The highest BCUT2D eigenvalue weighted by molar-refractivity contribution is 5.72. The fourth-order valence-electron chi connectivity index (χ4n) is 2.49. The van der Waals surface area contributed by atoms with E-state index in [-0.39, 0.29) is 11.5 Å². The molecule has 1 aromatic rings. The minimum Gasteiger partial charge on any atom is -0.501 e. The van der Waals surface area contributed by atoms with Crippen LogP contribution in [0.2, 0.25) is 0 Å². The van der Waals surface area contributed by atoms with E-state index < -0.39 is 0 Å². The summed E-state index contributed by atoms with van der Waals surface area (Å²) >= 11 is 0. The van der Waals surface area contributed by atoms with Crippen LogP contribution in [-0.4, -0.2) is 12.6 Å². The smallest absolute Gasteiger partial charge is 0.0891 e. The maximum Gasteiger partial charge on any atom is 0.0891 e. The van der Waals surface area contributed by atoms with Crippen molar-refractivity contribution >= 4 is 5.57 Å². The molecule has 3 rings (SSSR count). The second-order valence-corrected chi connectivity index (χ2v) is 6.11. The van der Waals surface area contributed by atoms with Crippen molar-refractivity contribution in [1.29, 1.82) is 0 Å². The zero-order valence-corrected chi connectivity index (χ0v) is 13.0. The minimum absolute atomic E-state index is 0.230. The first-order valence-electron chi connectivity index (χ1n) is 7.56. The first-order chi connectivity index (χ1) is 10.1. The summed E-state index contributed by atoms with van der Waals surface area (Å²) in [5.41, 5.74) is 8.54. The molecule has 0 bridgehead atoms. The van der Waals surface area contributed by atoms with Gasteiger partial charge in [0, 0.05) is 12.5 Å². The zero-order valence-electron chi connectivity index (χ0n) is 13.0. The van der Waals surface area contributed by atoms with Gasteiger partial charge in [0.25, 0.3) is 0 Å². The van der Waals surface area contributed by atoms with Crippen LogP contribution in [0.15, 0.2) is 60.9 Å². The van der Waals surface area contributed by atoms with Crippen molar-refractivity contribution in [3.8, 4) is 0 Å². The normalized spacial score (nSPS) is 22.6. The fraction of sp³-hybridized carbons (Fsp3) is 0.368. The Morgan fingerprint density at radius 2 is 1.95 bits per heavy atom. The van der Waals surface area contributed by atoms with Crippen molar-refractivity contribution in [2.24, 2.45) is 11.1 Å². The van der Waals surface area contributed by atoms with Crippen LogP contribution in [-0.2, 0) is 4.74 Å². The number of ether oxygens (including phenoxy) is 1. The Bertz CT molecular complexity index is 526. The third-order valence-electron chi connectivity index (χ3n) is 3.83. The molecule has 2 N–H and O–H groups in total. The predicted octanol–water partition coefficient (Wildman–Crippen LogP) is 4.30. The molecule has 112 valence electrons. The molecule has 2 aliphatic rings. The average molecular weight is 283 g/mol. The molecule has 1 aliphatic heterocycles. The highest BCUT2D eigenvalue weighted by Crippen LogP contribution is 2.39. The highest BCUT2D eigenvalue weighted by atomic mass is 16.5. The van der Waals surface area contributed by atoms with E-state index in [1.807, 2.05) is 6.08 Å². The fourth-order valence-corrected chi connectivity index (χ4v) is 2.49. The average Bonchev–Trinajstić information content (AvgIpc) is 2.49. The molecule has 0 saturated heterocycles. The van der Waals surface area contributed by atoms with Gasteiger partial charge in [-0.25, -0.2) is 0 Å². The molecule has 0 spiro atoms. The van der Waals surface area contributed by atoms with Crippen molar-refractivity contribution in [2.75, 3.05) is 6.61 Å². The van der Waals surface area contributed by atoms with Gasteiger partial charge >= 0.3 is 0 Å². The monoisotopic (exact) mass is 283 g/mol. The second-order valence-electron chi connectivity index (χ2n) is 6.11. The number of allylic oxidation sites excluding steroid dienone is 4. The Morgan fingerprint density at radius 1 is 1.19 bits per heavy atom. The van der Waals surface area contributed by atoms with Crippen LogP contribution < -0.4 is 5.73 Å². The molecule has 0 radical (unpaired) electrons. The SMILES string of the molecule is CC1(C)CC=CC=C1c1ccccc1.NC1C=COCC1. The van der Waals surface area contributed by atoms with Crippen molar-refractivity contribution < 1.29 is 4.74 Å². The van der Waals surface area contributed by atoms with E-state index in [0.29, 0.717) is 0 Å². The Kier molecular flexibility index (Phi) is 5.40. The number of rotatable bonds is 1. The van der Waals surface area contributed by atoms with Crippen molar-refractivity contribution in [3.63, 3.8) is 0 Å². The molecule has 1 aromatic carbocycles. The van der Waals surface area contributed by atoms with E-state index >= 15 is 0 Å². The summed E-state index contributed by atoms with van der Waals surface area (Å²) in [5.74, 6) is 0. The van der Waals surface area contributed by atoms with Gasteiger partial charge in [-0.05, 0) is 29.0 Å². The van der Waals surface area contributed by atoms with Crippen LogP contribution in [0.4, 0.5) is 0 Å². The zero-order chi connectivity index (χ0) is 15.1. The van der Waals surface area contributed by atoms with Gasteiger partial charge in [-0.1, -0.05) is 62.4 Å². The molecule has 0 fully saturated rings. The van der Waals surface area contributed by atoms with Gasteiger partial charge in [-0.3, -0.25) is 0 Å². The lowest BCUT2D eigenvalue weighted by molar-refractivity contribution is 0.223. The van der Waals surface area contributed by atoms with E-state index in [1.54, 1.807) is 6.26 Å². The van der Waals surface area contributed by atoms with Crippen LogP contribution >= 0.6 is 0 Å². The standard InChI is InChI=1S/C14H16.C5H9NO/c1-14(2)11-7-6-10-13(14)12-8-4-3-5-9-12;6-5-1-3-7-4-2-5/h3-10H,11H2,1-2H3;1,3,5H,2,4,6H2. The van der Waals surface area contributed by atoms with Crippen LogP contribution in [0.25, 0.3) is 5.57 Å². The maximum atomic E-state index is 5.47. The molecule has 21 heavy (non-hydrogen) atoms. The lowest BCUT2D eigenvalue weighted by atomic mass is 9.75. The van der Waals surface area contributed by atoms with Crippen LogP contribution in [0.1, 0.15) is 32.3 Å². The van der Waals surface area contributed by atoms with E-state index in [9.17, 15) is 0 Å². The summed E-state index contributed by atoms with van der Waals surface area (Å²) in [6.45, 7) is 5.38. The van der Waals surface area contributed by atoms with E-state index in [4.69, 9.17) is 10.5 Å². The Morgan fingerprint density at radius 3 is 2.48 bits per heavy atom. The molecule has 0 aromatic heterocycles. The molecule has 2 nitrogen and oxygen atoms in total. The maximum absolute atomic E-state index is 5.47. The van der Waals surface area contributed by atoms with Gasteiger partial charge in [0.05, 0.1) is 12.9 Å². The van der Waals surface area contributed by atoms with Gasteiger partial charge in [0.2, 0.25) is 0 Å². The van der Waals surface area contributed by atoms with Crippen molar-refractivity contribution in [3.05, 3.63) is 66.5 Å². The summed E-state index contributed by atoms with van der Waals surface area (Å²) in [5, 5.41) is 0. The highest BCUT2D eigenvalue weighted by Gasteiger charge is 2.24. The number of benzene rings is 1. The summed E-state index contributed by atoms with van der Waals surface area (Å²) < 4.78 is 4.88. The molecule has 0 amide bonds. The van der Waals surface area contributed by atoms with E-state index in [0.717, 1.165) is 19.4 Å². The molecule has 0 saturated carbocycles. The second kappa shape index (κ2) is 7.28. The molecule has 1 heterocycles. The van der Waals surface area contributed by atoms with Gasteiger partial charge in [-0.2, -0.15) is 0 Å². The largest absolute Gasteiger partial charge is 0.501 e. The molecular weight excluding hydrogens is 258 g/mol. The third kappa shape index (κ3) is 4.61. The number of hydrogen-bond acceptors (Lipinski definition) is 2. The summed E-state index contributed by atoms with van der Waals surface area (Å²) in [6.07, 6.45) is 12.3. The summed E-state index contributed by atoms with van der Waals surface area (Å²) in [6, 6.07) is 10.9. The number of hydrogen-bond donors (Lipinski definition) is 1. The van der Waals surface area contributed by atoms with Crippen LogP contribution in [0.5, 0.6) is 0 Å². The Labute approximate surface area is 128 Å². The topological polar surface area (TPSA) is 35.2 Å².